The number of ketones is 1. The number of anilines is 2. The van der Waals surface area contributed by atoms with Crippen molar-refractivity contribution in [1.29, 1.82) is 0 Å². The number of pyridine rings is 1. The normalized spacial score (nSPS) is 13.6. The first-order valence-corrected chi connectivity index (χ1v) is 7.98. The van der Waals surface area contributed by atoms with E-state index in [1.807, 2.05) is 18.2 Å². The number of fused-ring (bicyclic) bond motifs is 1. The number of aromatic nitrogens is 1. The minimum Gasteiger partial charge on any atom is -0.493 e. The minimum atomic E-state index is 0.0714. The molecule has 0 saturated carbocycles. The lowest BCUT2D eigenvalue weighted by atomic mass is 10.0. The number of hydrogen-bond donors (Lipinski definition) is 2. The van der Waals surface area contributed by atoms with Crippen LogP contribution in [0.1, 0.15) is 23.2 Å². The summed E-state index contributed by atoms with van der Waals surface area (Å²) in [6, 6.07) is 7.24. The van der Waals surface area contributed by atoms with Gasteiger partial charge in [0.1, 0.15) is 5.75 Å². The maximum Gasteiger partial charge on any atom is 0.213 e. The van der Waals surface area contributed by atoms with Crippen LogP contribution in [0, 0.1) is 0 Å². The quantitative estimate of drug-likeness (QED) is 0.792. The van der Waals surface area contributed by atoms with E-state index in [0.717, 1.165) is 16.6 Å². The van der Waals surface area contributed by atoms with E-state index in [0.29, 0.717) is 35.9 Å². The van der Waals surface area contributed by atoms with Crippen LogP contribution < -0.4 is 20.3 Å². The molecule has 0 aliphatic carbocycles. The molecule has 2 N–H and O–H groups in total. The number of halogens is 1. The molecule has 0 radical (unpaired) electrons. The summed E-state index contributed by atoms with van der Waals surface area (Å²) in [4.78, 5) is 16.5. The van der Waals surface area contributed by atoms with Crippen molar-refractivity contribution < 1.29 is 14.3 Å². The first-order chi connectivity index (χ1) is 11.2. The van der Waals surface area contributed by atoms with Crippen LogP contribution in [0.5, 0.6) is 11.6 Å². The fourth-order valence-corrected chi connectivity index (χ4v) is 2.77. The molecule has 7 heteroatoms. The van der Waals surface area contributed by atoms with Crippen molar-refractivity contribution in [2.45, 2.75) is 12.8 Å². The first kappa shape index (κ1) is 15.6. The molecule has 1 aromatic heterocycles. The highest BCUT2D eigenvalue weighted by molar-refractivity contribution is 9.10. The summed E-state index contributed by atoms with van der Waals surface area (Å²) in [6.45, 7) is 0.546. The van der Waals surface area contributed by atoms with Gasteiger partial charge in [0.05, 0.1) is 36.9 Å². The van der Waals surface area contributed by atoms with E-state index >= 15 is 0 Å². The van der Waals surface area contributed by atoms with Gasteiger partial charge < -0.3 is 9.47 Å². The maximum absolute atomic E-state index is 12.3. The largest absolute Gasteiger partial charge is 0.493 e. The third kappa shape index (κ3) is 3.56. The highest BCUT2D eigenvalue weighted by atomic mass is 79.9. The molecule has 0 fully saturated rings. The van der Waals surface area contributed by atoms with Gasteiger partial charge in [-0.2, -0.15) is 0 Å². The number of benzene rings is 1. The Kier molecular flexibility index (Phi) is 4.66. The average molecular weight is 378 g/mol. The Balaban J connectivity index is 1.84. The summed E-state index contributed by atoms with van der Waals surface area (Å²) < 4.78 is 11.5. The summed E-state index contributed by atoms with van der Waals surface area (Å²) in [7, 11) is 1.57. The van der Waals surface area contributed by atoms with E-state index in [4.69, 9.17) is 9.47 Å². The Morgan fingerprint density at radius 2 is 2.17 bits per heavy atom. The number of ether oxygens (including phenoxy) is 2. The molecule has 3 rings (SSSR count). The van der Waals surface area contributed by atoms with Crippen molar-refractivity contribution in [2.24, 2.45) is 0 Å². The van der Waals surface area contributed by atoms with Crippen molar-refractivity contribution in [3.8, 4) is 11.6 Å². The molecule has 2 heterocycles. The average Bonchev–Trinajstić information content (AvgIpc) is 2.74. The van der Waals surface area contributed by atoms with Crippen LogP contribution in [0.3, 0.4) is 0 Å². The van der Waals surface area contributed by atoms with Gasteiger partial charge in [0.25, 0.3) is 0 Å². The molecule has 0 saturated heterocycles. The smallest absolute Gasteiger partial charge is 0.213 e. The van der Waals surface area contributed by atoms with Gasteiger partial charge in [0.2, 0.25) is 5.88 Å². The summed E-state index contributed by atoms with van der Waals surface area (Å²) in [5.41, 5.74) is 8.08. The molecule has 0 spiro atoms. The number of methoxy groups -OCH3 is 1. The van der Waals surface area contributed by atoms with Crippen molar-refractivity contribution in [3.05, 3.63) is 40.5 Å². The van der Waals surface area contributed by atoms with Crippen molar-refractivity contribution >= 4 is 33.1 Å². The third-order valence-corrected chi connectivity index (χ3v) is 3.90. The second-order valence-corrected chi connectivity index (χ2v) is 5.96. The monoisotopic (exact) mass is 377 g/mol. The summed E-state index contributed by atoms with van der Waals surface area (Å²) in [5, 5.41) is 0. The molecule has 1 aliphatic heterocycles. The van der Waals surface area contributed by atoms with Gasteiger partial charge in [-0.25, -0.2) is 4.98 Å². The number of carbonyl (C=O) groups excluding carboxylic acids is 1. The van der Waals surface area contributed by atoms with E-state index in [9.17, 15) is 4.79 Å². The highest BCUT2D eigenvalue weighted by Crippen LogP contribution is 2.34. The Morgan fingerprint density at radius 1 is 1.30 bits per heavy atom. The summed E-state index contributed by atoms with van der Waals surface area (Å²) in [6.07, 6.45) is 2.84. The number of carbonyl (C=O) groups is 1. The van der Waals surface area contributed by atoms with Gasteiger partial charge >= 0.3 is 0 Å². The molecule has 6 nitrogen and oxygen atoms in total. The fraction of sp³-hybridized carbons (Fsp3) is 0.250. The lowest BCUT2D eigenvalue weighted by molar-refractivity contribution is 0.0984. The molecule has 0 unspecified atom stereocenters. The fourth-order valence-electron chi connectivity index (χ4n) is 2.34. The molecule has 1 aromatic carbocycles. The molecule has 0 bridgehead atoms. The van der Waals surface area contributed by atoms with Crippen LogP contribution in [-0.4, -0.2) is 24.5 Å². The predicted molar refractivity (Wildman–Crippen MR) is 91.2 cm³/mol. The minimum absolute atomic E-state index is 0.0714. The van der Waals surface area contributed by atoms with Gasteiger partial charge in [0.15, 0.2) is 5.78 Å². The second-order valence-electron chi connectivity index (χ2n) is 5.04. The van der Waals surface area contributed by atoms with Gasteiger partial charge in [-0.05, 0) is 24.6 Å². The molecule has 120 valence electrons. The number of rotatable bonds is 4. The van der Waals surface area contributed by atoms with Crippen molar-refractivity contribution in [3.63, 3.8) is 0 Å². The third-order valence-electron chi connectivity index (χ3n) is 3.44. The molecule has 2 aromatic rings. The Labute approximate surface area is 142 Å². The molecular formula is C16H16BrN3O3. The number of hydrazine groups is 1. The van der Waals surface area contributed by atoms with Gasteiger partial charge in [-0.3, -0.25) is 15.6 Å². The Morgan fingerprint density at radius 3 is 2.91 bits per heavy atom. The van der Waals surface area contributed by atoms with E-state index in [1.54, 1.807) is 19.4 Å². The highest BCUT2D eigenvalue weighted by Gasteiger charge is 2.21. The van der Waals surface area contributed by atoms with Crippen LogP contribution >= 0.6 is 15.9 Å². The number of hydrogen-bond acceptors (Lipinski definition) is 6. The van der Waals surface area contributed by atoms with Crippen molar-refractivity contribution in [1.82, 2.24) is 4.98 Å². The predicted octanol–water partition coefficient (Wildman–Crippen LogP) is 3.65. The standard InChI is InChI=1S/C16H16BrN3O3/c1-22-15-5-4-11(9-18-15)19-20-12-7-10(17)8-14-16(12)13(21)3-2-6-23-14/h4-5,7-9,19-20H,2-3,6H2,1H3. The van der Waals surface area contributed by atoms with Crippen LogP contribution in [0.2, 0.25) is 0 Å². The van der Waals surface area contributed by atoms with Crippen molar-refractivity contribution in [2.75, 3.05) is 24.6 Å². The molecule has 0 atom stereocenters. The lowest BCUT2D eigenvalue weighted by Crippen LogP contribution is -2.13. The van der Waals surface area contributed by atoms with Crippen LogP contribution in [-0.2, 0) is 0 Å². The van der Waals surface area contributed by atoms with E-state index in [2.05, 4.69) is 31.8 Å². The SMILES string of the molecule is COc1ccc(NNc2cc(Br)cc3c2C(=O)CCCO3)cn1. The number of Topliss-reactive ketones (excluding diaryl/α,β-unsaturated/α-hetero) is 1. The summed E-state index contributed by atoms with van der Waals surface area (Å²) >= 11 is 3.44. The van der Waals surface area contributed by atoms with Crippen LogP contribution in [0.4, 0.5) is 11.4 Å². The van der Waals surface area contributed by atoms with E-state index in [-0.39, 0.29) is 5.78 Å². The van der Waals surface area contributed by atoms with Gasteiger partial charge in [-0.15, -0.1) is 0 Å². The van der Waals surface area contributed by atoms with Gasteiger partial charge in [-0.1, -0.05) is 15.9 Å². The number of nitrogens with one attached hydrogen (secondary N) is 2. The van der Waals surface area contributed by atoms with Gasteiger partial charge in [0, 0.05) is 17.0 Å². The topological polar surface area (TPSA) is 72.5 Å². The van der Waals surface area contributed by atoms with E-state index < -0.39 is 0 Å². The molecule has 0 amide bonds. The first-order valence-electron chi connectivity index (χ1n) is 7.19. The molecular weight excluding hydrogens is 362 g/mol. The van der Waals surface area contributed by atoms with Crippen LogP contribution in [0.15, 0.2) is 34.9 Å². The Bertz CT molecular complexity index is 719. The van der Waals surface area contributed by atoms with E-state index in [1.165, 1.54) is 0 Å². The second kappa shape index (κ2) is 6.87. The zero-order valence-electron chi connectivity index (χ0n) is 12.6. The number of nitrogens with zero attached hydrogens (tertiary/aromatic N) is 1. The zero-order chi connectivity index (χ0) is 16.2. The zero-order valence-corrected chi connectivity index (χ0v) is 14.1. The lowest BCUT2D eigenvalue weighted by Gasteiger charge is -2.15. The summed E-state index contributed by atoms with van der Waals surface area (Å²) in [5.74, 6) is 1.21. The molecule has 23 heavy (non-hydrogen) atoms. The maximum atomic E-state index is 12.3. The van der Waals surface area contributed by atoms with Crippen LogP contribution in [0.25, 0.3) is 0 Å². The molecule has 1 aliphatic rings. The Hall–Kier alpha value is -2.28.